The molecule has 1 N–H and O–H groups in total. The van der Waals surface area contributed by atoms with E-state index in [4.69, 9.17) is 4.74 Å². The third kappa shape index (κ3) is 5.52. The molecule has 0 aromatic heterocycles. The van der Waals surface area contributed by atoms with Crippen molar-refractivity contribution in [3.63, 3.8) is 0 Å². The number of halogens is 1. The Hall–Kier alpha value is -0.580. The number of thioether (sulfide) groups is 1. The first-order chi connectivity index (χ1) is 8.13. The molecule has 1 aromatic carbocycles. The summed E-state index contributed by atoms with van der Waals surface area (Å²) in [6.07, 6.45) is 0.226. The fourth-order valence-electron chi connectivity index (χ4n) is 1.28. The summed E-state index contributed by atoms with van der Waals surface area (Å²) in [7, 11) is 1.90. The second-order valence-corrected chi connectivity index (χ2v) is 5.17. The summed E-state index contributed by atoms with van der Waals surface area (Å²) in [5.74, 6) is 0.640. The topological polar surface area (TPSA) is 21.3 Å². The fourth-order valence-corrected chi connectivity index (χ4v) is 2.30. The van der Waals surface area contributed by atoms with Crippen LogP contribution in [0, 0.1) is 5.82 Å². The van der Waals surface area contributed by atoms with Crippen LogP contribution in [0.15, 0.2) is 29.2 Å². The molecule has 1 aromatic rings. The molecule has 96 valence electrons. The average molecular weight is 257 g/mol. The number of ether oxygens (including phenoxy) is 1. The third-order valence-electron chi connectivity index (χ3n) is 2.32. The van der Waals surface area contributed by atoms with Crippen LogP contribution in [-0.4, -0.2) is 31.6 Å². The van der Waals surface area contributed by atoms with E-state index in [0.717, 1.165) is 5.75 Å². The van der Waals surface area contributed by atoms with Crippen LogP contribution in [0.3, 0.4) is 0 Å². The molecule has 0 saturated carbocycles. The number of hydrogen-bond donors (Lipinski definition) is 1. The molecule has 0 radical (unpaired) electrons. The van der Waals surface area contributed by atoms with E-state index in [-0.39, 0.29) is 18.0 Å². The summed E-state index contributed by atoms with van der Waals surface area (Å²) in [4.78, 5) is 0.692. The van der Waals surface area contributed by atoms with E-state index in [1.54, 1.807) is 12.1 Å². The first kappa shape index (κ1) is 14.5. The highest BCUT2D eigenvalue weighted by Gasteiger charge is 2.09. The van der Waals surface area contributed by atoms with Crippen LogP contribution in [0.25, 0.3) is 0 Å². The number of benzene rings is 1. The monoisotopic (exact) mass is 257 g/mol. The lowest BCUT2D eigenvalue weighted by atomic mass is 10.3. The Balaban J connectivity index is 2.40. The summed E-state index contributed by atoms with van der Waals surface area (Å²) in [5, 5.41) is 3.18. The Morgan fingerprint density at radius 1 is 1.35 bits per heavy atom. The van der Waals surface area contributed by atoms with Crippen LogP contribution >= 0.6 is 11.8 Å². The Bertz CT molecular complexity index is 333. The van der Waals surface area contributed by atoms with Crippen molar-refractivity contribution in [2.24, 2.45) is 0 Å². The van der Waals surface area contributed by atoms with Crippen molar-refractivity contribution < 1.29 is 9.13 Å². The third-order valence-corrected chi connectivity index (χ3v) is 3.53. The molecular weight excluding hydrogens is 237 g/mol. The molecule has 0 fully saturated rings. The number of rotatable bonds is 7. The molecule has 1 unspecified atom stereocenters. The minimum absolute atomic E-state index is 0.155. The summed E-state index contributed by atoms with van der Waals surface area (Å²) in [6, 6.07) is 7.08. The molecule has 0 aliphatic rings. The molecule has 1 rings (SSSR count). The predicted octanol–water partition coefficient (Wildman–Crippen LogP) is 2.93. The maximum Gasteiger partial charge on any atom is 0.136 e. The molecule has 4 heteroatoms. The van der Waals surface area contributed by atoms with Gasteiger partial charge >= 0.3 is 0 Å². The van der Waals surface area contributed by atoms with Gasteiger partial charge in [-0.05, 0) is 33.0 Å². The van der Waals surface area contributed by atoms with Gasteiger partial charge in [0.25, 0.3) is 0 Å². The highest BCUT2D eigenvalue weighted by Crippen LogP contribution is 2.21. The molecule has 0 aliphatic heterocycles. The van der Waals surface area contributed by atoms with Crippen LogP contribution < -0.4 is 5.32 Å². The van der Waals surface area contributed by atoms with Gasteiger partial charge in [-0.3, -0.25) is 0 Å². The second kappa shape index (κ2) is 7.69. The van der Waals surface area contributed by atoms with Crippen LogP contribution in [0.5, 0.6) is 0 Å². The molecular formula is C13H20FNOS. The van der Waals surface area contributed by atoms with Crippen LogP contribution in [0.4, 0.5) is 4.39 Å². The molecule has 0 aliphatic carbocycles. The Labute approximate surface area is 107 Å². The van der Waals surface area contributed by atoms with Gasteiger partial charge in [-0.25, -0.2) is 4.39 Å². The van der Waals surface area contributed by atoms with Crippen molar-refractivity contribution in [3.05, 3.63) is 30.1 Å². The second-order valence-electron chi connectivity index (χ2n) is 4.11. The number of likely N-dealkylation sites (N-methyl/N-ethyl adjacent to an activating group) is 1. The maximum atomic E-state index is 13.4. The zero-order valence-electron chi connectivity index (χ0n) is 10.6. The number of hydrogen-bond acceptors (Lipinski definition) is 3. The molecule has 0 amide bonds. The van der Waals surface area contributed by atoms with Crippen molar-refractivity contribution >= 4 is 11.8 Å². The van der Waals surface area contributed by atoms with Crippen molar-refractivity contribution in [2.75, 3.05) is 19.4 Å². The lowest BCUT2D eigenvalue weighted by Gasteiger charge is -2.17. The van der Waals surface area contributed by atoms with Gasteiger partial charge < -0.3 is 10.1 Å². The molecule has 1 atom stereocenters. The standard InChI is InChI=1S/C13H20FNOS/c1-10(2)16-8-11(15-3)9-17-13-7-5-4-6-12(13)14/h4-7,10-11,15H,8-9H2,1-3H3. The molecule has 0 bridgehead atoms. The highest BCUT2D eigenvalue weighted by molar-refractivity contribution is 7.99. The van der Waals surface area contributed by atoms with Gasteiger partial charge in [0.1, 0.15) is 5.82 Å². The van der Waals surface area contributed by atoms with E-state index in [2.05, 4.69) is 5.32 Å². The van der Waals surface area contributed by atoms with Gasteiger partial charge in [-0.15, -0.1) is 11.8 Å². The molecule has 17 heavy (non-hydrogen) atoms. The van der Waals surface area contributed by atoms with Crippen molar-refractivity contribution in [1.29, 1.82) is 0 Å². The van der Waals surface area contributed by atoms with Crippen LogP contribution in [-0.2, 0) is 4.74 Å². The molecule has 0 spiro atoms. The highest BCUT2D eigenvalue weighted by atomic mass is 32.2. The average Bonchev–Trinajstić information content (AvgIpc) is 2.31. The van der Waals surface area contributed by atoms with E-state index >= 15 is 0 Å². The lowest BCUT2D eigenvalue weighted by molar-refractivity contribution is 0.0668. The first-order valence-electron chi connectivity index (χ1n) is 5.79. The Morgan fingerprint density at radius 2 is 2.06 bits per heavy atom. The maximum absolute atomic E-state index is 13.4. The van der Waals surface area contributed by atoms with Crippen molar-refractivity contribution in [2.45, 2.75) is 30.9 Å². The fraction of sp³-hybridized carbons (Fsp3) is 0.538. The van der Waals surface area contributed by atoms with Crippen LogP contribution in [0.2, 0.25) is 0 Å². The summed E-state index contributed by atoms with van der Waals surface area (Å²) >= 11 is 1.51. The molecule has 0 saturated heterocycles. The van der Waals surface area contributed by atoms with Gasteiger partial charge in [-0.2, -0.15) is 0 Å². The normalized spacial score (nSPS) is 13.0. The Kier molecular flexibility index (Phi) is 6.55. The quantitative estimate of drug-likeness (QED) is 0.759. The minimum atomic E-state index is -0.155. The lowest BCUT2D eigenvalue weighted by Crippen LogP contribution is -2.33. The summed E-state index contributed by atoms with van der Waals surface area (Å²) in [5.41, 5.74) is 0. The van der Waals surface area contributed by atoms with Crippen molar-refractivity contribution in [1.82, 2.24) is 5.32 Å². The van der Waals surface area contributed by atoms with Gasteiger partial charge in [0.2, 0.25) is 0 Å². The SMILES string of the molecule is CNC(COC(C)C)CSc1ccccc1F. The van der Waals surface area contributed by atoms with Gasteiger partial charge in [0.15, 0.2) is 0 Å². The van der Waals surface area contributed by atoms with E-state index in [1.807, 2.05) is 27.0 Å². The predicted molar refractivity (Wildman–Crippen MR) is 71.1 cm³/mol. The minimum Gasteiger partial charge on any atom is -0.377 e. The summed E-state index contributed by atoms with van der Waals surface area (Å²) in [6.45, 7) is 4.67. The van der Waals surface area contributed by atoms with E-state index in [9.17, 15) is 4.39 Å². The van der Waals surface area contributed by atoms with Crippen LogP contribution in [0.1, 0.15) is 13.8 Å². The number of nitrogens with one attached hydrogen (secondary N) is 1. The zero-order chi connectivity index (χ0) is 12.7. The zero-order valence-corrected chi connectivity index (χ0v) is 11.4. The Morgan fingerprint density at radius 3 is 2.65 bits per heavy atom. The van der Waals surface area contributed by atoms with E-state index in [0.29, 0.717) is 11.5 Å². The van der Waals surface area contributed by atoms with E-state index < -0.39 is 0 Å². The molecule has 0 heterocycles. The van der Waals surface area contributed by atoms with Gasteiger partial charge in [0, 0.05) is 16.7 Å². The summed E-state index contributed by atoms with van der Waals surface area (Å²) < 4.78 is 18.9. The van der Waals surface area contributed by atoms with E-state index in [1.165, 1.54) is 17.8 Å². The van der Waals surface area contributed by atoms with Crippen molar-refractivity contribution in [3.8, 4) is 0 Å². The van der Waals surface area contributed by atoms with Gasteiger partial charge in [-0.1, -0.05) is 12.1 Å². The largest absolute Gasteiger partial charge is 0.377 e. The first-order valence-corrected chi connectivity index (χ1v) is 6.78. The smallest absolute Gasteiger partial charge is 0.136 e. The van der Waals surface area contributed by atoms with Gasteiger partial charge in [0.05, 0.1) is 12.7 Å². The molecule has 2 nitrogen and oxygen atoms in total.